The third-order valence-electron chi connectivity index (χ3n) is 4.73. The monoisotopic (exact) mass is 424 g/mol. The van der Waals surface area contributed by atoms with Crippen molar-refractivity contribution in [2.24, 2.45) is 0 Å². The third kappa shape index (κ3) is 4.18. The van der Waals surface area contributed by atoms with Crippen LogP contribution in [0.15, 0.2) is 40.5 Å². The van der Waals surface area contributed by atoms with Crippen LogP contribution in [0.1, 0.15) is 22.5 Å². The number of carbonyl (C=O) groups excluding carboxylic acids is 2. The number of para-hydroxylation sites is 1. The number of benzene rings is 1. The molecule has 1 N–H and O–H groups in total. The molecule has 0 aliphatic heterocycles. The van der Waals surface area contributed by atoms with Crippen molar-refractivity contribution in [3.8, 4) is 11.8 Å². The maximum absolute atomic E-state index is 12.4. The zero-order valence-corrected chi connectivity index (χ0v) is 17.6. The van der Waals surface area contributed by atoms with Gasteiger partial charge in [0, 0.05) is 22.5 Å². The fourth-order valence-electron chi connectivity index (χ4n) is 3.05. The lowest BCUT2D eigenvalue weighted by Gasteiger charge is -2.13. The number of hydrogen-bond donors (Lipinski definition) is 1. The summed E-state index contributed by atoms with van der Waals surface area (Å²) in [6.07, 6.45) is 0. The van der Waals surface area contributed by atoms with Gasteiger partial charge in [0.05, 0.1) is 5.56 Å². The van der Waals surface area contributed by atoms with E-state index in [9.17, 15) is 19.6 Å². The van der Waals surface area contributed by atoms with Crippen LogP contribution in [0, 0.1) is 32.1 Å². The summed E-state index contributed by atoms with van der Waals surface area (Å²) in [5.41, 5.74) is 3.35. The zero-order chi connectivity index (χ0) is 21.8. The summed E-state index contributed by atoms with van der Waals surface area (Å²) in [6.45, 7) is 4.59. The minimum atomic E-state index is -0.694. The number of nitriles is 1. The van der Waals surface area contributed by atoms with Crippen LogP contribution in [0.25, 0.3) is 5.69 Å². The molecule has 0 radical (unpaired) electrons. The van der Waals surface area contributed by atoms with E-state index in [4.69, 9.17) is 4.74 Å². The lowest BCUT2D eigenvalue weighted by Crippen LogP contribution is -2.26. The molecule has 3 aromatic rings. The van der Waals surface area contributed by atoms with Gasteiger partial charge in [0.25, 0.3) is 5.91 Å². The second-order valence-corrected chi connectivity index (χ2v) is 7.48. The number of nitrogens with one attached hydrogen (secondary N) is 1. The van der Waals surface area contributed by atoms with E-state index in [1.54, 1.807) is 16.9 Å². The molecule has 8 nitrogen and oxygen atoms in total. The molecule has 0 unspecified atom stereocenters. The summed E-state index contributed by atoms with van der Waals surface area (Å²) < 4.78 is 8.08. The Morgan fingerprint density at radius 3 is 2.50 bits per heavy atom. The van der Waals surface area contributed by atoms with Crippen LogP contribution in [0.4, 0.5) is 5.82 Å². The van der Waals surface area contributed by atoms with Crippen LogP contribution in [0.2, 0.25) is 0 Å². The maximum Gasteiger partial charge on any atom is 0.326 e. The van der Waals surface area contributed by atoms with Gasteiger partial charge in [-0.05, 0) is 38.5 Å². The first-order valence-corrected chi connectivity index (χ1v) is 9.99. The maximum atomic E-state index is 12.4. The molecule has 2 aromatic heterocycles. The molecular formula is C21H20N4O4S. The van der Waals surface area contributed by atoms with Crippen molar-refractivity contribution in [3.63, 3.8) is 0 Å². The number of anilines is 1. The number of esters is 1. The number of carbonyl (C=O) groups is 2. The molecule has 3 rings (SSSR count). The predicted molar refractivity (Wildman–Crippen MR) is 113 cm³/mol. The Hall–Kier alpha value is -3.64. The van der Waals surface area contributed by atoms with Crippen LogP contribution in [0.5, 0.6) is 0 Å². The highest BCUT2D eigenvalue weighted by molar-refractivity contribution is 7.07. The smallest absolute Gasteiger partial charge is 0.326 e. The van der Waals surface area contributed by atoms with Gasteiger partial charge in [0.1, 0.15) is 18.4 Å². The molecule has 0 atom stereocenters. The fraction of sp³-hybridized carbons (Fsp3) is 0.238. The molecule has 9 heteroatoms. The van der Waals surface area contributed by atoms with E-state index < -0.39 is 18.5 Å². The number of aryl methyl sites for hydroxylation is 1. The lowest BCUT2D eigenvalue weighted by molar-refractivity contribution is -0.147. The fourth-order valence-corrected chi connectivity index (χ4v) is 3.78. The first-order chi connectivity index (χ1) is 14.3. The summed E-state index contributed by atoms with van der Waals surface area (Å²) >= 11 is 0.993. The van der Waals surface area contributed by atoms with Gasteiger partial charge in [-0.1, -0.05) is 29.5 Å². The van der Waals surface area contributed by atoms with Gasteiger partial charge < -0.3 is 10.1 Å². The SMILES string of the molecule is Cc1c(C#N)c(NC(=O)COC(=O)Cn2c(C)csc2=O)n(-c2ccccc2)c1C. The Kier molecular flexibility index (Phi) is 6.18. The van der Waals surface area contributed by atoms with E-state index in [1.165, 1.54) is 4.57 Å². The summed E-state index contributed by atoms with van der Waals surface area (Å²) in [5, 5.41) is 13.9. The summed E-state index contributed by atoms with van der Waals surface area (Å²) in [6, 6.07) is 11.4. The molecule has 0 aliphatic rings. The predicted octanol–water partition coefficient (Wildman–Crippen LogP) is 2.68. The minimum Gasteiger partial charge on any atom is -0.454 e. The molecular weight excluding hydrogens is 404 g/mol. The lowest BCUT2D eigenvalue weighted by atomic mass is 10.2. The van der Waals surface area contributed by atoms with E-state index in [0.29, 0.717) is 17.1 Å². The van der Waals surface area contributed by atoms with E-state index in [0.717, 1.165) is 28.3 Å². The van der Waals surface area contributed by atoms with E-state index in [1.807, 2.05) is 44.2 Å². The van der Waals surface area contributed by atoms with Crippen molar-refractivity contribution in [2.45, 2.75) is 27.3 Å². The standard InChI is InChI=1S/C21H20N4O4S/c1-13-12-30-21(28)24(13)10-19(27)29-11-18(26)23-20-17(9-22)14(2)15(3)25(20)16-7-5-4-6-8-16/h4-8,12H,10-11H2,1-3H3,(H,23,26). The second kappa shape index (κ2) is 8.80. The number of thiazole rings is 1. The average Bonchev–Trinajstić information content (AvgIpc) is 3.17. The molecule has 1 amide bonds. The Morgan fingerprint density at radius 2 is 1.90 bits per heavy atom. The Morgan fingerprint density at radius 1 is 1.20 bits per heavy atom. The van der Waals surface area contributed by atoms with Crippen LogP contribution >= 0.6 is 11.3 Å². The molecule has 0 saturated carbocycles. The van der Waals surface area contributed by atoms with Crippen LogP contribution in [-0.4, -0.2) is 27.6 Å². The van der Waals surface area contributed by atoms with E-state index in [-0.39, 0.29) is 11.4 Å². The van der Waals surface area contributed by atoms with Crippen molar-refractivity contribution < 1.29 is 14.3 Å². The highest BCUT2D eigenvalue weighted by Gasteiger charge is 2.21. The molecule has 154 valence electrons. The van der Waals surface area contributed by atoms with Crippen LogP contribution < -0.4 is 10.2 Å². The van der Waals surface area contributed by atoms with Crippen molar-refractivity contribution in [3.05, 3.63) is 67.9 Å². The molecule has 1 aromatic carbocycles. The van der Waals surface area contributed by atoms with Crippen LogP contribution in [-0.2, 0) is 20.9 Å². The highest BCUT2D eigenvalue weighted by Crippen LogP contribution is 2.29. The molecule has 30 heavy (non-hydrogen) atoms. The molecule has 0 fully saturated rings. The summed E-state index contributed by atoms with van der Waals surface area (Å²) in [4.78, 5) is 35.9. The van der Waals surface area contributed by atoms with Crippen LogP contribution in [0.3, 0.4) is 0 Å². The molecule has 0 bridgehead atoms. The van der Waals surface area contributed by atoms with Crippen molar-refractivity contribution in [1.29, 1.82) is 5.26 Å². The van der Waals surface area contributed by atoms with Gasteiger partial charge in [0.15, 0.2) is 6.61 Å². The minimum absolute atomic E-state index is 0.260. The quantitative estimate of drug-likeness (QED) is 0.613. The topological polar surface area (TPSA) is 106 Å². The first-order valence-electron chi connectivity index (χ1n) is 9.11. The van der Waals surface area contributed by atoms with Gasteiger partial charge in [-0.15, -0.1) is 0 Å². The number of ether oxygens (including phenoxy) is 1. The Balaban J connectivity index is 1.75. The molecule has 0 spiro atoms. The van der Waals surface area contributed by atoms with Crippen molar-refractivity contribution in [2.75, 3.05) is 11.9 Å². The van der Waals surface area contributed by atoms with Crippen molar-refractivity contribution >= 4 is 29.0 Å². The van der Waals surface area contributed by atoms with Crippen molar-refractivity contribution in [1.82, 2.24) is 9.13 Å². The number of amides is 1. The number of rotatable bonds is 6. The Bertz CT molecular complexity index is 1200. The molecule has 2 heterocycles. The average molecular weight is 424 g/mol. The highest BCUT2D eigenvalue weighted by atomic mass is 32.1. The van der Waals surface area contributed by atoms with E-state index in [2.05, 4.69) is 11.4 Å². The summed E-state index contributed by atoms with van der Waals surface area (Å²) in [7, 11) is 0. The largest absolute Gasteiger partial charge is 0.454 e. The molecule has 0 aliphatic carbocycles. The van der Waals surface area contributed by atoms with Gasteiger partial charge in [0.2, 0.25) is 0 Å². The van der Waals surface area contributed by atoms with Gasteiger partial charge >= 0.3 is 10.8 Å². The first kappa shape index (κ1) is 21.1. The second-order valence-electron chi connectivity index (χ2n) is 6.65. The zero-order valence-electron chi connectivity index (χ0n) is 16.8. The normalized spacial score (nSPS) is 10.5. The van der Waals surface area contributed by atoms with Gasteiger partial charge in [-0.25, -0.2) is 0 Å². The third-order valence-corrected chi connectivity index (χ3v) is 5.61. The number of hydrogen-bond acceptors (Lipinski definition) is 6. The van der Waals surface area contributed by atoms with Gasteiger partial charge in [-0.3, -0.25) is 23.5 Å². The number of nitrogens with zero attached hydrogens (tertiary/aromatic N) is 3. The Labute approximate surface area is 176 Å². The van der Waals surface area contributed by atoms with Gasteiger partial charge in [-0.2, -0.15) is 5.26 Å². The number of aromatic nitrogens is 2. The molecule has 0 saturated heterocycles. The van der Waals surface area contributed by atoms with E-state index >= 15 is 0 Å². The summed E-state index contributed by atoms with van der Waals surface area (Å²) in [5.74, 6) is -0.950.